The number of alkyl halides is 1. The molecule has 2 aromatic rings. The average Bonchev–Trinajstić information content (AvgIpc) is 2.38. The zero-order valence-corrected chi connectivity index (χ0v) is 12.7. The Hall–Kier alpha value is -1.06. The van der Waals surface area contributed by atoms with Gasteiger partial charge in [-0.3, -0.25) is 0 Å². The molecular weight excluding hydrogens is 331 g/mol. The van der Waals surface area contributed by atoms with Gasteiger partial charge < -0.3 is 4.74 Å². The monoisotopic (exact) mass is 342 g/mol. The fourth-order valence-corrected chi connectivity index (χ4v) is 2.86. The van der Waals surface area contributed by atoms with E-state index >= 15 is 0 Å². The van der Waals surface area contributed by atoms with E-state index in [1.165, 1.54) is 12.1 Å². The van der Waals surface area contributed by atoms with Crippen molar-refractivity contribution in [2.45, 2.75) is 12.3 Å². The quantitative estimate of drug-likeness (QED) is 0.683. The fraction of sp³-hybridized carbons (Fsp3) is 0.200. The van der Waals surface area contributed by atoms with Gasteiger partial charge in [0.1, 0.15) is 11.6 Å². The van der Waals surface area contributed by atoms with Crippen LogP contribution in [0.5, 0.6) is 5.75 Å². The summed E-state index contributed by atoms with van der Waals surface area (Å²) in [5.41, 5.74) is 1.61. The number of hydrogen-bond acceptors (Lipinski definition) is 1. The molecule has 0 spiro atoms. The molecule has 0 saturated heterocycles. The van der Waals surface area contributed by atoms with Gasteiger partial charge in [-0.1, -0.05) is 34.1 Å². The molecule has 1 atom stereocenters. The maximum absolute atomic E-state index is 13.2. The van der Waals surface area contributed by atoms with Gasteiger partial charge in [0.25, 0.3) is 0 Å². The Morgan fingerprint density at radius 2 is 2.05 bits per heavy atom. The van der Waals surface area contributed by atoms with Crippen LogP contribution in [-0.4, -0.2) is 6.61 Å². The molecule has 2 rings (SSSR count). The molecule has 0 bridgehead atoms. The maximum Gasteiger partial charge on any atom is 0.123 e. The number of halogens is 3. The van der Waals surface area contributed by atoms with Crippen LogP contribution < -0.4 is 4.74 Å². The molecule has 0 fully saturated rings. The highest BCUT2D eigenvalue weighted by Crippen LogP contribution is 2.35. The molecule has 100 valence electrons. The number of ether oxygens (including phenoxy) is 1. The average molecular weight is 344 g/mol. The second-order valence-electron chi connectivity index (χ2n) is 4.03. The highest BCUT2D eigenvalue weighted by molar-refractivity contribution is 9.10. The number of hydrogen-bond donors (Lipinski definition) is 0. The summed E-state index contributed by atoms with van der Waals surface area (Å²) in [4.78, 5) is 0. The minimum Gasteiger partial charge on any atom is -0.494 e. The van der Waals surface area contributed by atoms with Crippen molar-refractivity contribution in [2.75, 3.05) is 6.61 Å². The SMILES string of the molecule is CCOc1ccc(C(Cl)c2cccc(F)c2)c(Br)c1. The van der Waals surface area contributed by atoms with Crippen LogP contribution in [0.25, 0.3) is 0 Å². The van der Waals surface area contributed by atoms with Gasteiger partial charge in [-0.05, 0) is 42.3 Å². The van der Waals surface area contributed by atoms with Crippen molar-refractivity contribution < 1.29 is 9.13 Å². The molecule has 4 heteroatoms. The Balaban J connectivity index is 2.31. The van der Waals surface area contributed by atoms with E-state index in [0.717, 1.165) is 21.3 Å². The van der Waals surface area contributed by atoms with Crippen molar-refractivity contribution in [3.8, 4) is 5.75 Å². The van der Waals surface area contributed by atoms with Crippen LogP contribution in [0.2, 0.25) is 0 Å². The van der Waals surface area contributed by atoms with Gasteiger partial charge in [-0.2, -0.15) is 0 Å². The van der Waals surface area contributed by atoms with Crippen molar-refractivity contribution in [1.29, 1.82) is 0 Å². The van der Waals surface area contributed by atoms with E-state index in [-0.39, 0.29) is 5.82 Å². The smallest absolute Gasteiger partial charge is 0.123 e. The summed E-state index contributed by atoms with van der Waals surface area (Å²) in [6, 6.07) is 11.9. The highest BCUT2D eigenvalue weighted by Gasteiger charge is 2.15. The summed E-state index contributed by atoms with van der Waals surface area (Å²) >= 11 is 9.88. The first-order valence-electron chi connectivity index (χ1n) is 5.93. The van der Waals surface area contributed by atoms with Crippen LogP contribution >= 0.6 is 27.5 Å². The summed E-state index contributed by atoms with van der Waals surface area (Å²) in [7, 11) is 0. The van der Waals surface area contributed by atoms with E-state index in [1.807, 2.05) is 31.2 Å². The first-order chi connectivity index (χ1) is 9.11. The summed E-state index contributed by atoms with van der Waals surface area (Å²) in [5, 5.41) is -0.402. The molecule has 19 heavy (non-hydrogen) atoms. The predicted octanol–water partition coefficient (Wildman–Crippen LogP) is 5.32. The van der Waals surface area contributed by atoms with E-state index in [1.54, 1.807) is 6.07 Å². The van der Waals surface area contributed by atoms with Crippen molar-refractivity contribution >= 4 is 27.5 Å². The van der Waals surface area contributed by atoms with E-state index in [4.69, 9.17) is 16.3 Å². The van der Waals surface area contributed by atoms with Gasteiger partial charge >= 0.3 is 0 Å². The second kappa shape index (κ2) is 6.40. The highest BCUT2D eigenvalue weighted by atomic mass is 79.9. The molecule has 0 amide bonds. The van der Waals surface area contributed by atoms with Gasteiger partial charge in [-0.15, -0.1) is 11.6 Å². The number of rotatable bonds is 4. The summed E-state index contributed by atoms with van der Waals surface area (Å²) in [6.45, 7) is 2.54. The molecule has 0 heterocycles. The molecule has 1 unspecified atom stereocenters. The van der Waals surface area contributed by atoms with Crippen LogP contribution in [0.3, 0.4) is 0 Å². The van der Waals surface area contributed by atoms with Crippen LogP contribution in [0.1, 0.15) is 23.4 Å². The standard InChI is InChI=1S/C15H13BrClFO/c1-2-19-12-6-7-13(14(16)9-12)15(17)10-4-3-5-11(18)8-10/h3-9,15H,2H2,1H3. The lowest BCUT2D eigenvalue weighted by Crippen LogP contribution is -1.97. The zero-order chi connectivity index (χ0) is 13.8. The lowest BCUT2D eigenvalue weighted by atomic mass is 10.0. The maximum atomic E-state index is 13.2. The summed E-state index contributed by atoms with van der Waals surface area (Å²) in [5.74, 6) is 0.492. The third kappa shape index (κ3) is 3.48. The summed E-state index contributed by atoms with van der Waals surface area (Å²) < 4.78 is 19.5. The molecule has 0 saturated carbocycles. The normalized spacial score (nSPS) is 12.2. The largest absolute Gasteiger partial charge is 0.494 e. The van der Waals surface area contributed by atoms with E-state index in [9.17, 15) is 4.39 Å². The van der Waals surface area contributed by atoms with Gasteiger partial charge in [-0.25, -0.2) is 4.39 Å². The molecule has 0 aliphatic carbocycles. The first-order valence-corrected chi connectivity index (χ1v) is 7.16. The van der Waals surface area contributed by atoms with Crippen molar-refractivity contribution in [2.24, 2.45) is 0 Å². The molecular formula is C15H13BrClFO. The van der Waals surface area contributed by atoms with Crippen LogP contribution in [0, 0.1) is 5.82 Å². The Morgan fingerprint density at radius 1 is 1.26 bits per heavy atom. The lowest BCUT2D eigenvalue weighted by molar-refractivity contribution is 0.340. The first kappa shape index (κ1) is 14.4. The van der Waals surface area contributed by atoms with Gasteiger partial charge in [0.15, 0.2) is 0 Å². The van der Waals surface area contributed by atoms with E-state index in [2.05, 4.69) is 15.9 Å². The van der Waals surface area contributed by atoms with Crippen molar-refractivity contribution in [1.82, 2.24) is 0 Å². The molecule has 0 N–H and O–H groups in total. The van der Waals surface area contributed by atoms with Gasteiger partial charge in [0, 0.05) is 4.47 Å². The molecule has 0 radical (unpaired) electrons. The van der Waals surface area contributed by atoms with Gasteiger partial charge in [0.05, 0.1) is 12.0 Å². The third-order valence-electron chi connectivity index (χ3n) is 2.70. The zero-order valence-electron chi connectivity index (χ0n) is 10.4. The van der Waals surface area contributed by atoms with Crippen LogP contribution in [-0.2, 0) is 0 Å². The van der Waals surface area contributed by atoms with Crippen LogP contribution in [0.4, 0.5) is 4.39 Å². The van der Waals surface area contributed by atoms with E-state index in [0.29, 0.717) is 6.61 Å². The molecule has 0 aliphatic heterocycles. The fourth-order valence-electron chi connectivity index (χ4n) is 1.81. The minimum atomic E-state index is -0.402. The Morgan fingerprint density at radius 3 is 2.68 bits per heavy atom. The van der Waals surface area contributed by atoms with Gasteiger partial charge in [0.2, 0.25) is 0 Å². The Labute approximate surface area is 125 Å². The van der Waals surface area contributed by atoms with Crippen LogP contribution in [0.15, 0.2) is 46.9 Å². The molecule has 0 aromatic heterocycles. The van der Waals surface area contributed by atoms with Crippen molar-refractivity contribution in [3.05, 3.63) is 63.9 Å². The minimum absolute atomic E-state index is 0.287. The molecule has 2 aromatic carbocycles. The van der Waals surface area contributed by atoms with E-state index < -0.39 is 5.38 Å². The Bertz CT molecular complexity index is 574. The predicted molar refractivity (Wildman–Crippen MR) is 79.4 cm³/mol. The second-order valence-corrected chi connectivity index (χ2v) is 5.32. The number of benzene rings is 2. The third-order valence-corrected chi connectivity index (χ3v) is 3.87. The Kier molecular flexibility index (Phi) is 4.83. The molecule has 1 nitrogen and oxygen atoms in total. The lowest BCUT2D eigenvalue weighted by Gasteiger charge is -2.14. The summed E-state index contributed by atoms with van der Waals surface area (Å²) in [6.07, 6.45) is 0. The van der Waals surface area contributed by atoms with Crippen molar-refractivity contribution in [3.63, 3.8) is 0 Å². The topological polar surface area (TPSA) is 9.23 Å². The molecule has 0 aliphatic rings.